The van der Waals surface area contributed by atoms with Gasteiger partial charge >= 0.3 is 6.09 Å². The van der Waals surface area contributed by atoms with Gasteiger partial charge in [-0.2, -0.15) is 8.42 Å². The normalized spacial score (nSPS) is 21.7. The average Bonchev–Trinajstić information content (AvgIpc) is 2.63. The molecule has 1 spiro atoms. The smallest absolute Gasteiger partial charge is 0.410 e. The van der Waals surface area contributed by atoms with Crippen LogP contribution in [0.15, 0.2) is 0 Å². The van der Waals surface area contributed by atoms with Crippen LogP contribution in [-0.4, -0.2) is 63.2 Å². The number of ether oxygens (including phenoxy) is 2. The summed E-state index contributed by atoms with van der Waals surface area (Å²) >= 11 is 0. The summed E-state index contributed by atoms with van der Waals surface area (Å²) in [5, 5.41) is 0. The van der Waals surface area contributed by atoms with Crippen LogP contribution in [0.4, 0.5) is 4.79 Å². The van der Waals surface area contributed by atoms with Crippen LogP contribution in [0, 0.1) is 5.92 Å². The van der Waals surface area contributed by atoms with E-state index in [4.69, 9.17) is 13.7 Å². The topological polar surface area (TPSA) is 82.1 Å². The molecule has 0 N–H and O–H groups in total. The Labute approximate surface area is 172 Å². The van der Waals surface area contributed by atoms with Crippen LogP contribution < -0.4 is 0 Å². The summed E-state index contributed by atoms with van der Waals surface area (Å²) in [5.41, 5.74) is -0.680. The van der Waals surface area contributed by atoms with Crippen molar-refractivity contribution in [2.24, 2.45) is 5.92 Å². The zero-order valence-corrected chi connectivity index (χ0v) is 19.9. The third-order valence-corrected chi connectivity index (χ3v) is 5.04. The maximum atomic E-state index is 12.1. The van der Waals surface area contributed by atoms with Gasteiger partial charge in [-0.15, -0.1) is 0 Å². The number of nitrogens with zero attached hydrogens (tertiary/aromatic N) is 1. The van der Waals surface area contributed by atoms with Gasteiger partial charge in [-0.3, -0.25) is 4.18 Å². The van der Waals surface area contributed by atoms with E-state index in [2.05, 4.69) is 0 Å². The standard InChI is InChI=1S/C16H29NO6S.2C2H6/c1-15(2,3)23-14(18)17-9-7-16(8-10-17)6-5-13(11-21-16)12-22-24(4,19)20;2*1-2/h13H,5-12H2,1-4H3;2*1-2H3. The van der Waals surface area contributed by atoms with E-state index in [0.29, 0.717) is 19.7 Å². The number of likely N-dealkylation sites (tertiary alicyclic amines) is 1. The first kappa shape index (κ1) is 27.1. The molecule has 2 heterocycles. The average molecular weight is 424 g/mol. The molecule has 1 unspecified atom stereocenters. The Bertz CT molecular complexity index is 538. The van der Waals surface area contributed by atoms with Crippen LogP contribution in [0.25, 0.3) is 0 Å². The van der Waals surface area contributed by atoms with Crippen LogP contribution in [0.3, 0.4) is 0 Å². The van der Waals surface area contributed by atoms with E-state index in [1.165, 1.54) is 0 Å². The maximum absolute atomic E-state index is 12.1. The lowest BCUT2D eigenvalue weighted by Crippen LogP contribution is -2.51. The fraction of sp³-hybridized carbons (Fsp3) is 0.950. The second-order valence-electron chi connectivity index (χ2n) is 7.85. The Morgan fingerprint density at radius 3 is 2.04 bits per heavy atom. The molecule has 2 fully saturated rings. The highest BCUT2D eigenvalue weighted by Crippen LogP contribution is 2.37. The van der Waals surface area contributed by atoms with Crippen molar-refractivity contribution in [3.63, 3.8) is 0 Å². The molecule has 0 aromatic rings. The number of hydrogen-bond acceptors (Lipinski definition) is 6. The summed E-state index contributed by atoms with van der Waals surface area (Å²) < 4.78 is 38.4. The van der Waals surface area contributed by atoms with Crippen molar-refractivity contribution in [2.75, 3.05) is 32.6 Å². The lowest BCUT2D eigenvalue weighted by molar-refractivity contribution is -0.132. The summed E-state index contributed by atoms with van der Waals surface area (Å²) in [5.74, 6) is 0.106. The molecule has 2 rings (SSSR count). The molecule has 0 aromatic heterocycles. The van der Waals surface area contributed by atoms with Gasteiger partial charge in [0.15, 0.2) is 0 Å². The third-order valence-electron chi connectivity index (χ3n) is 4.48. The van der Waals surface area contributed by atoms with E-state index < -0.39 is 15.7 Å². The van der Waals surface area contributed by atoms with Gasteiger partial charge in [-0.25, -0.2) is 4.79 Å². The highest BCUT2D eigenvalue weighted by Gasteiger charge is 2.41. The SMILES string of the molecule is CC.CC.CC(C)(C)OC(=O)N1CCC2(CCC(COS(C)(=O)=O)CO2)CC1. The Morgan fingerprint density at radius 2 is 1.64 bits per heavy atom. The van der Waals surface area contributed by atoms with Gasteiger partial charge in [0.1, 0.15) is 5.60 Å². The maximum Gasteiger partial charge on any atom is 0.410 e. The Kier molecular flexibility index (Phi) is 11.6. The van der Waals surface area contributed by atoms with Crippen molar-refractivity contribution in [2.45, 2.75) is 85.4 Å². The van der Waals surface area contributed by atoms with Crippen LogP contribution in [0.1, 0.15) is 74.1 Å². The predicted octanol–water partition coefficient (Wildman–Crippen LogP) is 4.21. The van der Waals surface area contributed by atoms with E-state index in [1.54, 1.807) is 4.90 Å². The summed E-state index contributed by atoms with van der Waals surface area (Å²) in [6, 6.07) is 0. The van der Waals surface area contributed by atoms with E-state index in [1.807, 2.05) is 48.5 Å². The Hall–Kier alpha value is -0.860. The van der Waals surface area contributed by atoms with Gasteiger partial charge in [0.2, 0.25) is 0 Å². The van der Waals surface area contributed by atoms with Gasteiger partial charge in [-0.1, -0.05) is 27.7 Å². The van der Waals surface area contributed by atoms with Gasteiger partial charge in [0.25, 0.3) is 10.1 Å². The van der Waals surface area contributed by atoms with Crippen molar-refractivity contribution in [1.82, 2.24) is 4.90 Å². The van der Waals surface area contributed by atoms with E-state index in [-0.39, 0.29) is 24.2 Å². The van der Waals surface area contributed by atoms with Crippen LogP contribution in [0.5, 0.6) is 0 Å². The number of amides is 1. The molecule has 2 aliphatic rings. The van der Waals surface area contributed by atoms with Gasteiger partial charge < -0.3 is 14.4 Å². The third kappa shape index (κ3) is 10.1. The van der Waals surface area contributed by atoms with Crippen molar-refractivity contribution in [3.05, 3.63) is 0 Å². The van der Waals surface area contributed by atoms with E-state index in [9.17, 15) is 13.2 Å². The quantitative estimate of drug-likeness (QED) is 0.632. The first-order chi connectivity index (χ1) is 13.0. The molecule has 2 saturated heterocycles. The first-order valence-corrected chi connectivity index (χ1v) is 12.3. The molecule has 8 heteroatoms. The van der Waals surface area contributed by atoms with Crippen molar-refractivity contribution in [1.29, 1.82) is 0 Å². The first-order valence-electron chi connectivity index (χ1n) is 10.4. The molecule has 2 aliphatic heterocycles. The summed E-state index contributed by atoms with van der Waals surface area (Å²) in [6.45, 7) is 15.5. The highest BCUT2D eigenvalue weighted by molar-refractivity contribution is 7.85. The second-order valence-corrected chi connectivity index (χ2v) is 9.50. The fourth-order valence-corrected chi connectivity index (χ4v) is 3.53. The fourth-order valence-electron chi connectivity index (χ4n) is 3.09. The molecule has 0 aromatic carbocycles. The minimum absolute atomic E-state index is 0.106. The number of rotatable bonds is 3. The minimum atomic E-state index is -3.40. The lowest BCUT2D eigenvalue weighted by Gasteiger charge is -2.45. The Morgan fingerprint density at radius 1 is 1.11 bits per heavy atom. The van der Waals surface area contributed by atoms with Crippen molar-refractivity contribution < 1.29 is 26.9 Å². The molecule has 0 radical (unpaired) electrons. The largest absolute Gasteiger partial charge is 0.444 e. The van der Waals surface area contributed by atoms with Gasteiger partial charge in [0, 0.05) is 19.0 Å². The molecule has 1 atom stereocenters. The van der Waals surface area contributed by atoms with Crippen molar-refractivity contribution >= 4 is 16.2 Å². The molecule has 0 saturated carbocycles. The van der Waals surface area contributed by atoms with E-state index in [0.717, 1.165) is 31.9 Å². The van der Waals surface area contributed by atoms with Crippen molar-refractivity contribution in [3.8, 4) is 0 Å². The summed E-state index contributed by atoms with van der Waals surface area (Å²) in [6.07, 6.45) is 4.10. The summed E-state index contributed by atoms with van der Waals surface area (Å²) in [7, 11) is -3.40. The number of carbonyl (C=O) groups is 1. The van der Waals surface area contributed by atoms with Gasteiger partial charge in [0.05, 0.1) is 25.1 Å². The van der Waals surface area contributed by atoms with Crippen LogP contribution in [0.2, 0.25) is 0 Å². The molecule has 28 heavy (non-hydrogen) atoms. The molecular formula is C20H41NO6S. The molecule has 0 aliphatic carbocycles. The molecule has 7 nitrogen and oxygen atoms in total. The van der Waals surface area contributed by atoms with Crippen LogP contribution in [-0.2, 0) is 23.8 Å². The van der Waals surface area contributed by atoms with Gasteiger partial charge in [-0.05, 0) is 46.5 Å². The molecular weight excluding hydrogens is 382 g/mol. The number of carbonyl (C=O) groups excluding carboxylic acids is 1. The van der Waals surface area contributed by atoms with Crippen LogP contribution >= 0.6 is 0 Å². The lowest BCUT2D eigenvalue weighted by atomic mass is 9.82. The second kappa shape index (κ2) is 12.0. The summed E-state index contributed by atoms with van der Waals surface area (Å²) in [4.78, 5) is 13.8. The molecule has 0 bridgehead atoms. The molecule has 1 amide bonds. The minimum Gasteiger partial charge on any atom is -0.444 e. The zero-order chi connectivity index (χ0) is 22.0. The monoisotopic (exact) mass is 423 g/mol. The zero-order valence-electron chi connectivity index (χ0n) is 19.0. The number of hydrogen-bond donors (Lipinski definition) is 0. The predicted molar refractivity (Wildman–Crippen MR) is 112 cm³/mol. The molecule has 168 valence electrons. The van der Waals surface area contributed by atoms with E-state index >= 15 is 0 Å². The Balaban J connectivity index is 0.00000171. The highest BCUT2D eigenvalue weighted by atomic mass is 32.2. The number of piperidine rings is 1.